The van der Waals surface area contributed by atoms with E-state index in [9.17, 15) is 14.7 Å². The molecule has 0 atom stereocenters. The van der Waals surface area contributed by atoms with Crippen molar-refractivity contribution in [3.63, 3.8) is 0 Å². The molecule has 0 saturated carbocycles. The van der Waals surface area contributed by atoms with Crippen LogP contribution in [0.3, 0.4) is 0 Å². The summed E-state index contributed by atoms with van der Waals surface area (Å²) in [4.78, 5) is 31.6. The van der Waals surface area contributed by atoms with E-state index in [1.165, 1.54) is 26.4 Å². The number of carbonyl (C=O) groups excluding carboxylic acids is 1. The van der Waals surface area contributed by atoms with Gasteiger partial charge in [0.15, 0.2) is 5.82 Å². The number of rotatable bonds is 9. The lowest BCUT2D eigenvalue weighted by Gasteiger charge is -2.13. The number of carbonyl (C=O) groups is 2. The number of aromatic nitrogens is 4. The molecule has 3 rings (SSSR count). The van der Waals surface area contributed by atoms with Gasteiger partial charge in [-0.1, -0.05) is 19.4 Å². The van der Waals surface area contributed by atoms with E-state index in [0.717, 1.165) is 18.4 Å². The largest absolute Gasteiger partial charge is 0.496 e. The molecule has 11 nitrogen and oxygen atoms in total. The maximum Gasteiger partial charge on any atom is 0.413 e. The lowest BCUT2D eigenvalue weighted by atomic mass is 10.1. The number of carboxylic acids is 1. The van der Waals surface area contributed by atoms with Gasteiger partial charge in [0.05, 0.1) is 32.5 Å². The molecule has 0 fully saturated rings. The number of hydrogen-bond donors (Lipinski definition) is 3. The van der Waals surface area contributed by atoms with Gasteiger partial charge in [0.1, 0.15) is 16.8 Å². The van der Waals surface area contributed by atoms with Crippen molar-refractivity contribution in [3.05, 3.63) is 35.5 Å². The molecule has 0 aliphatic carbocycles. The minimum Gasteiger partial charge on any atom is -0.496 e. The van der Waals surface area contributed by atoms with Crippen LogP contribution in [0.5, 0.6) is 5.75 Å². The second kappa shape index (κ2) is 9.74. The first-order valence-electron chi connectivity index (χ1n) is 9.69. The van der Waals surface area contributed by atoms with E-state index in [4.69, 9.17) is 4.74 Å². The van der Waals surface area contributed by atoms with Crippen LogP contribution in [-0.2, 0) is 11.3 Å². The number of aromatic carboxylic acids is 1. The number of ether oxygens (including phenoxy) is 2. The van der Waals surface area contributed by atoms with Crippen LogP contribution < -0.4 is 15.4 Å². The lowest BCUT2D eigenvalue weighted by Crippen LogP contribution is -2.15. The number of unbranched alkanes of at least 4 members (excludes halogenated alkanes) is 1. The smallest absolute Gasteiger partial charge is 0.413 e. The topological polar surface area (TPSA) is 140 Å². The summed E-state index contributed by atoms with van der Waals surface area (Å²) < 4.78 is 11.7. The summed E-state index contributed by atoms with van der Waals surface area (Å²) in [5, 5.41) is 19.4. The van der Waals surface area contributed by atoms with Crippen molar-refractivity contribution in [2.75, 3.05) is 31.4 Å². The Kier molecular flexibility index (Phi) is 6.85. The van der Waals surface area contributed by atoms with E-state index in [1.807, 2.05) is 0 Å². The Bertz CT molecular complexity index is 1100. The fraction of sp³-hybridized carbons (Fsp3) is 0.350. The quantitative estimate of drug-likeness (QED) is 0.439. The number of amides is 1. The van der Waals surface area contributed by atoms with Crippen molar-refractivity contribution >= 4 is 34.9 Å². The minimum atomic E-state index is -1.03. The zero-order chi connectivity index (χ0) is 22.4. The number of carboxylic acid groups (broad SMARTS) is 1. The molecule has 0 spiro atoms. The second-order valence-electron chi connectivity index (χ2n) is 6.66. The van der Waals surface area contributed by atoms with Gasteiger partial charge in [-0.2, -0.15) is 10.1 Å². The third kappa shape index (κ3) is 5.00. The molecule has 0 radical (unpaired) electrons. The standard InChI is InChI=1S/C20H24N6O5/c1-4-5-8-21-17-16-14(23-19(24-17)25-20(29)31-3)10-22-26(16)11-13-7-6-12(18(27)28)9-15(13)30-2/h6-7,9-10H,4-5,8,11H2,1-3H3,(H,27,28)(H2,21,23,24,25,29). The Balaban J connectivity index is 2.01. The van der Waals surface area contributed by atoms with Crippen LogP contribution in [-0.4, -0.2) is 57.7 Å². The van der Waals surface area contributed by atoms with Gasteiger partial charge < -0.3 is 19.9 Å². The first-order chi connectivity index (χ1) is 15.0. The predicted octanol–water partition coefficient (Wildman–Crippen LogP) is 2.97. The van der Waals surface area contributed by atoms with Crippen molar-refractivity contribution in [2.45, 2.75) is 26.3 Å². The van der Waals surface area contributed by atoms with Gasteiger partial charge >= 0.3 is 12.1 Å². The van der Waals surface area contributed by atoms with Gasteiger partial charge in [-0.05, 0) is 18.6 Å². The highest BCUT2D eigenvalue weighted by molar-refractivity contribution is 5.90. The van der Waals surface area contributed by atoms with Crippen molar-refractivity contribution in [2.24, 2.45) is 0 Å². The summed E-state index contributed by atoms with van der Waals surface area (Å²) in [6.45, 7) is 3.07. The van der Waals surface area contributed by atoms with E-state index in [-0.39, 0.29) is 11.5 Å². The molecule has 3 N–H and O–H groups in total. The maximum absolute atomic E-state index is 11.6. The van der Waals surface area contributed by atoms with Gasteiger partial charge in [-0.15, -0.1) is 0 Å². The zero-order valence-electron chi connectivity index (χ0n) is 17.5. The number of anilines is 2. The van der Waals surface area contributed by atoms with Gasteiger partial charge in [-0.3, -0.25) is 10.00 Å². The number of fused-ring (bicyclic) bond motifs is 1. The van der Waals surface area contributed by atoms with Crippen LogP contribution >= 0.6 is 0 Å². The molecule has 11 heteroatoms. The van der Waals surface area contributed by atoms with Crippen molar-refractivity contribution in [3.8, 4) is 5.75 Å². The highest BCUT2D eigenvalue weighted by Crippen LogP contribution is 2.26. The fourth-order valence-electron chi connectivity index (χ4n) is 2.99. The molecule has 0 unspecified atom stereocenters. The van der Waals surface area contributed by atoms with E-state index >= 15 is 0 Å². The van der Waals surface area contributed by atoms with E-state index < -0.39 is 12.1 Å². The highest BCUT2D eigenvalue weighted by Gasteiger charge is 2.17. The molecule has 2 aromatic heterocycles. The van der Waals surface area contributed by atoms with E-state index in [0.29, 0.717) is 35.7 Å². The Hall–Kier alpha value is -3.89. The van der Waals surface area contributed by atoms with E-state index in [2.05, 4.69) is 37.4 Å². The maximum atomic E-state index is 11.6. The molecule has 0 saturated heterocycles. The first kappa shape index (κ1) is 21.8. The number of benzene rings is 1. The third-order valence-corrected chi connectivity index (χ3v) is 4.56. The molecule has 0 aliphatic rings. The van der Waals surface area contributed by atoms with Gasteiger partial charge in [-0.25, -0.2) is 14.6 Å². The average Bonchev–Trinajstić information content (AvgIpc) is 3.16. The molecular weight excluding hydrogens is 404 g/mol. The summed E-state index contributed by atoms with van der Waals surface area (Å²) in [5.74, 6) is 0.0227. The van der Waals surface area contributed by atoms with Crippen molar-refractivity contribution in [1.29, 1.82) is 0 Å². The van der Waals surface area contributed by atoms with Gasteiger partial charge in [0.2, 0.25) is 5.95 Å². The molecule has 3 aromatic rings. The predicted molar refractivity (Wildman–Crippen MR) is 114 cm³/mol. The molecule has 164 valence electrons. The Labute approximate surface area is 178 Å². The van der Waals surface area contributed by atoms with Crippen LogP contribution in [0.25, 0.3) is 11.0 Å². The van der Waals surface area contributed by atoms with E-state index in [1.54, 1.807) is 16.9 Å². The number of methoxy groups -OCH3 is 2. The Morgan fingerprint density at radius 1 is 1.23 bits per heavy atom. The first-order valence-corrected chi connectivity index (χ1v) is 9.69. The molecule has 1 aromatic carbocycles. The third-order valence-electron chi connectivity index (χ3n) is 4.56. The summed E-state index contributed by atoms with van der Waals surface area (Å²) >= 11 is 0. The molecule has 1 amide bonds. The molecule has 0 bridgehead atoms. The van der Waals surface area contributed by atoms with Crippen molar-refractivity contribution < 1.29 is 24.2 Å². The minimum absolute atomic E-state index is 0.0984. The number of hydrogen-bond acceptors (Lipinski definition) is 8. The van der Waals surface area contributed by atoms with Crippen LogP contribution in [0, 0.1) is 0 Å². The van der Waals surface area contributed by atoms with Crippen LogP contribution in [0.2, 0.25) is 0 Å². The normalized spacial score (nSPS) is 10.7. The zero-order valence-corrected chi connectivity index (χ0v) is 17.5. The summed E-state index contributed by atoms with van der Waals surface area (Å²) in [6, 6.07) is 4.67. The Morgan fingerprint density at radius 2 is 2.03 bits per heavy atom. The molecule has 2 heterocycles. The SMILES string of the molecule is CCCCNc1nc(NC(=O)OC)nc2cnn(Cc3ccc(C(=O)O)cc3OC)c12. The number of nitrogens with one attached hydrogen (secondary N) is 2. The molecule has 31 heavy (non-hydrogen) atoms. The fourth-order valence-corrected chi connectivity index (χ4v) is 2.99. The molecular formula is C20H24N6O5. The average molecular weight is 428 g/mol. The van der Waals surface area contributed by atoms with Gasteiger partial charge in [0, 0.05) is 12.1 Å². The van der Waals surface area contributed by atoms with Gasteiger partial charge in [0.25, 0.3) is 0 Å². The second-order valence-corrected chi connectivity index (χ2v) is 6.66. The highest BCUT2D eigenvalue weighted by atomic mass is 16.5. The molecule has 0 aliphatic heterocycles. The summed E-state index contributed by atoms with van der Waals surface area (Å²) in [5.41, 5.74) is 2.06. The van der Waals surface area contributed by atoms with Crippen LogP contribution in [0.4, 0.5) is 16.6 Å². The van der Waals surface area contributed by atoms with Crippen LogP contribution in [0.15, 0.2) is 24.4 Å². The summed E-state index contributed by atoms with van der Waals surface area (Å²) in [6.07, 6.45) is 2.84. The summed E-state index contributed by atoms with van der Waals surface area (Å²) in [7, 11) is 2.74. The number of nitrogens with zero attached hydrogens (tertiary/aromatic N) is 4. The lowest BCUT2D eigenvalue weighted by molar-refractivity contribution is 0.0696. The van der Waals surface area contributed by atoms with Crippen LogP contribution in [0.1, 0.15) is 35.7 Å². The monoisotopic (exact) mass is 428 g/mol. The Morgan fingerprint density at radius 3 is 2.71 bits per heavy atom. The van der Waals surface area contributed by atoms with Crippen molar-refractivity contribution in [1.82, 2.24) is 19.7 Å².